The van der Waals surface area contributed by atoms with Crippen LogP contribution in [0.1, 0.15) is 62.8 Å². The highest BCUT2D eigenvalue weighted by Gasteiger charge is 2.48. The Bertz CT molecular complexity index is 783. The first-order valence-electron chi connectivity index (χ1n) is 9.62. The number of nitrogens with one attached hydrogen (secondary N) is 2. The van der Waals surface area contributed by atoms with Crippen LogP contribution < -0.4 is 10.6 Å². The van der Waals surface area contributed by atoms with Gasteiger partial charge in [0.2, 0.25) is 11.8 Å². The number of carbonyl (C=O) groups is 2. The lowest BCUT2D eigenvalue weighted by molar-refractivity contribution is -0.125. The third-order valence-corrected chi connectivity index (χ3v) is 5.10. The summed E-state index contributed by atoms with van der Waals surface area (Å²) in [5.41, 5.74) is 3.18. The number of anilines is 1. The standard InChI is InChI=1S/C22H28N2O3/c1-13(2)16-8-5-9-17(14(3)4)20(16)24-22(26)19-11-18(19)21(25)23-12-15-7-6-10-27-15/h5-10,13-14,18-19H,11-12H2,1-4H3,(H,23,25)(H,24,26). The van der Waals surface area contributed by atoms with E-state index in [1.54, 1.807) is 12.3 Å². The summed E-state index contributed by atoms with van der Waals surface area (Å²) in [7, 11) is 0. The molecule has 2 unspecified atom stereocenters. The smallest absolute Gasteiger partial charge is 0.228 e. The summed E-state index contributed by atoms with van der Waals surface area (Å²) in [4.78, 5) is 25.0. The second-order valence-electron chi connectivity index (χ2n) is 7.86. The van der Waals surface area contributed by atoms with Crippen LogP contribution in [-0.4, -0.2) is 11.8 Å². The summed E-state index contributed by atoms with van der Waals surface area (Å²) in [6.07, 6.45) is 2.17. The maximum atomic E-state index is 12.8. The van der Waals surface area contributed by atoms with Crippen molar-refractivity contribution in [2.75, 3.05) is 5.32 Å². The van der Waals surface area contributed by atoms with Crippen molar-refractivity contribution in [2.45, 2.75) is 52.5 Å². The minimum atomic E-state index is -0.262. The molecule has 2 atom stereocenters. The van der Waals surface area contributed by atoms with Gasteiger partial charge in [0, 0.05) is 5.69 Å². The van der Waals surface area contributed by atoms with Crippen LogP contribution in [0.3, 0.4) is 0 Å². The molecule has 0 bridgehead atoms. The Morgan fingerprint density at radius 1 is 1.00 bits per heavy atom. The first-order chi connectivity index (χ1) is 12.9. The molecule has 2 amide bonds. The molecule has 1 saturated carbocycles. The Kier molecular flexibility index (Phi) is 5.68. The maximum absolute atomic E-state index is 12.8. The second kappa shape index (κ2) is 7.99. The summed E-state index contributed by atoms with van der Waals surface area (Å²) in [6, 6.07) is 9.77. The molecule has 0 aliphatic heterocycles. The van der Waals surface area contributed by atoms with Gasteiger partial charge < -0.3 is 15.1 Å². The largest absolute Gasteiger partial charge is 0.467 e. The van der Waals surface area contributed by atoms with Crippen molar-refractivity contribution in [1.29, 1.82) is 0 Å². The highest BCUT2D eigenvalue weighted by Crippen LogP contribution is 2.41. The number of rotatable bonds is 7. The SMILES string of the molecule is CC(C)c1cccc(C(C)C)c1NC(=O)C1CC1C(=O)NCc1ccco1. The fourth-order valence-corrected chi connectivity index (χ4v) is 3.40. The van der Waals surface area contributed by atoms with E-state index in [0.29, 0.717) is 30.6 Å². The Labute approximate surface area is 160 Å². The van der Waals surface area contributed by atoms with Gasteiger partial charge in [-0.2, -0.15) is 0 Å². The van der Waals surface area contributed by atoms with Crippen molar-refractivity contribution in [1.82, 2.24) is 5.32 Å². The van der Waals surface area contributed by atoms with Gasteiger partial charge in [0.25, 0.3) is 0 Å². The minimum absolute atomic E-state index is 0.0665. The molecule has 1 aromatic carbocycles. The Hall–Kier alpha value is -2.56. The quantitative estimate of drug-likeness (QED) is 0.760. The van der Waals surface area contributed by atoms with Crippen LogP contribution in [0.2, 0.25) is 0 Å². The van der Waals surface area contributed by atoms with Crippen molar-refractivity contribution in [3.05, 3.63) is 53.5 Å². The molecule has 1 aliphatic carbocycles. The molecule has 0 radical (unpaired) electrons. The van der Waals surface area contributed by atoms with Crippen LogP contribution in [-0.2, 0) is 16.1 Å². The zero-order chi connectivity index (χ0) is 19.6. The molecule has 5 nitrogen and oxygen atoms in total. The van der Waals surface area contributed by atoms with Gasteiger partial charge in [-0.05, 0) is 41.5 Å². The third-order valence-electron chi connectivity index (χ3n) is 5.10. The monoisotopic (exact) mass is 368 g/mol. The maximum Gasteiger partial charge on any atom is 0.228 e. The predicted molar refractivity (Wildman–Crippen MR) is 105 cm³/mol. The van der Waals surface area contributed by atoms with E-state index in [2.05, 4.69) is 50.5 Å². The molecule has 27 heavy (non-hydrogen) atoms. The van der Waals surface area contributed by atoms with E-state index in [-0.39, 0.29) is 23.7 Å². The number of hydrogen-bond acceptors (Lipinski definition) is 3. The molecule has 5 heteroatoms. The van der Waals surface area contributed by atoms with Crippen LogP contribution >= 0.6 is 0 Å². The molecular weight excluding hydrogens is 340 g/mol. The molecule has 2 aromatic rings. The summed E-state index contributed by atoms with van der Waals surface area (Å²) >= 11 is 0. The van der Waals surface area contributed by atoms with E-state index < -0.39 is 0 Å². The highest BCUT2D eigenvalue weighted by atomic mass is 16.3. The number of carbonyl (C=O) groups excluding carboxylic acids is 2. The van der Waals surface area contributed by atoms with Gasteiger partial charge in [0.1, 0.15) is 5.76 Å². The summed E-state index contributed by atoms with van der Waals surface area (Å²) in [5.74, 6) is 0.653. The van der Waals surface area contributed by atoms with Crippen LogP contribution in [0.4, 0.5) is 5.69 Å². The van der Waals surface area contributed by atoms with Crippen molar-refractivity contribution < 1.29 is 14.0 Å². The first kappa shape index (κ1) is 19.2. The number of hydrogen-bond donors (Lipinski definition) is 2. The Morgan fingerprint density at radius 2 is 1.63 bits per heavy atom. The molecule has 1 heterocycles. The van der Waals surface area contributed by atoms with E-state index in [0.717, 1.165) is 16.8 Å². The van der Waals surface area contributed by atoms with Crippen LogP contribution in [0.5, 0.6) is 0 Å². The van der Waals surface area contributed by atoms with Crippen molar-refractivity contribution in [3.63, 3.8) is 0 Å². The van der Waals surface area contributed by atoms with E-state index in [4.69, 9.17) is 4.42 Å². The lowest BCUT2D eigenvalue weighted by Gasteiger charge is -2.20. The predicted octanol–water partition coefficient (Wildman–Crippen LogP) is 4.42. The van der Waals surface area contributed by atoms with Crippen molar-refractivity contribution in [3.8, 4) is 0 Å². The summed E-state index contributed by atoms with van der Waals surface area (Å²) < 4.78 is 5.21. The summed E-state index contributed by atoms with van der Waals surface area (Å²) in [5, 5.41) is 5.96. The number of amides is 2. The Morgan fingerprint density at radius 3 is 2.19 bits per heavy atom. The van der Waals surface area contributed by atoms with Gasteiger partial charge in [0.15, 0.2) is 0 Å². The lowest BCUT2D eigenvalue weighted by Crippen LogP contribution is -2.27. The normalized spacial score (nSPS) is 18.6. The highest BCUT2D eigenvalue weighted by molar-refractivity contribution is 6.00. The molecule has 2 N–H and O–H groups in total. The van der Waals surface area contributed by atoms with E-state index in [1.807, 2.05) is 12.1 Å². The topological polar surface area (TPSA) is 71.3 Å². The third kappa shape index (κ3) is 4.41. The number of benzene rings is 1. The first-order valence-corrected chi connectivity index (χ1v) is 9.62. The average molecular weight is 368 g/mol. The van der Waals surface area contributed by atoms with E-state index >= 15 is 0 Å². The molecule has 0 saturated heterocycles. The zero-order valence-electron chi connectivity index (χ0n) is 16.4. The van der Waals surface area contributed by atoms with Crippen LogP contribution in [0.15, 0.2) is 41.0 Å². The number of para-hydroxylation sites is 1. The van der Waals surface area contributed by atoms with Crippen molar-refractivity contribution in [2.24, 2.45) is 11.8 Å². The van der Waals surface area contributed by atoms with Crippen molar-refractivity contribution >= 4 is 17.5 Å². The van der Waals surface area contributed by atoms with E-state index in [9.17, 15) is 9.59 Å². The van der Waals surface area contributed by atoms with Crippen LogP contribution in [0, 0.1) is 11.8 Å². The van der Waals surface area contributed by atoms with Gasteiger partial charge in [-0.15, -0.1) is 0 Å². The van der Waals surface area contributed by atoms with Gasteiger partial charge in [0.05, 0.1) is 24.6 Å². The number of furan rings is 1. The van der Waals surface area contributed by atoms with Gasteiger partial charge in [-0.3, -0.25) is 9.59 Å². The summed E-state index contributed by atoms with van der Waals surface area (Å²) in [6.45, 7) is 8.84. The fourth-order valence-electron chi connectivity index (χ4n) is 3.40. The molecule has 3 rings (SSSR count). The molecule has 1 aliphatic rings. The molecule has 1 aromatic heterocycles. The molecular formula is C22H28N2O3. The Balaban J connectivity index is 1.64. The fraction of sp³-hybridized carbons (Fsp3) is 0.455. The minimum Gasteiger partial charge on any atom is -0.467 e. The average Bonchev–Trinajstić information content (AvgIpc) is 3.27. The second-order valence-corrected chi connectivity index (χ2v) is 7.86. The zero-order valence-corrected chi connectivity index (χ0v) is 16.4. The molecule has 144 valence electrons. The van der Waals surface area contributed by atoms with Gasteiger partial charge >= 0.3 is 0 Å². The van der Waals surface area contributed by atoms with Crippen LogP contribution in [0.25, 0.3) is 0 Å². The lowest BCUT2D eigenvalue weighted by atomic mass is 9.92. The van der Waals surface area contributed by atoms with Gasteiger partial charge in [-0.1, -0.05) is 45.9 Å². The molecule has 0 spiro atoms. The molecule has 1 fully saturated rings. The van der Waals surface area contributed by atoms with Gasteiger partial charge in [-0.25, -0.2) is 0 Å². The van der Waals surface area contributed by atoms with E-state index in [1.165, 1.54) is 0 Å².